The Labute approximate surface area is 83.3 Å². The molecule has 1 amide bonds. The third-order valence-electron chi connectivity index (χ3n) is 2.79. The number of oxime groups is 1. The maximum Gasteiger partial charge on any atom is 0.233 e. The minimum atomic E-state index is -0.892. The standard InChI is InChI=1S/C9H17N3O2/c1-3-9(2,7(10)12-14)8(13)11-6-4-5-6/h6,14H,3-5H2,1-2H3,(H2,10,12)(H,11,13). The van der Waals surface area contributed by atoms with Crippen molar-refractivity contribution in [2.75, 3.05) is 0 Å². The SMILES string of the molecule is CCC(C)(C(=O)NC1CC1)C(N)=NO. The number of nitrogens with two attached hydrogens (primary N) is 1. The molecule has 4 N–H and O–H groups in total. The van der Waals surface area contributed by atoms with Crippen molar-refractivity contribution in [2.45, 2.75) is 39.2 Å². The predicted molar refractivity (Wildman–Crippen MR) is 53.0 cm³/mol. The van der Waals surface area contributed by atoms with E-state index < -0.39 is 5.41 Å². The first-order valence-electron chi connectivity index (χ1n) is 4.83. The molecule has 14 heavy (non-hydrogen) atoms. The van der Waals surface area contributed by atoms with Gasteiger partial charge < -0.3 is 16.3 Å². The fourth-order valence-electron chi connectivity index (χ4n) is 1.14. The van der Waals surface area contributed by atoms with Gasteiger partial charge in [-0.1, -0.05) is 12.1 Å². The molecule has 0 bridgehead atoms. The lowest BCUT2D eigenvalue weighted by atomic mass is 9.85. The fourth-order valence-corrected chi connectivity index (χ4v) is 1.14. The summed E-state index contributed by atoms with van der Waals surface area (Å²) in [5.74, 6) is -0.184. The maximum absolute atomic E-state index is 11.8. The molecule has 0 aliphatic heterocycles. The van der Waals surface area contributed by atoms with Crippen LogP contribution in [0, 0.1) is 5.41 Å². The Hall–Kier alpha value is -1.26. The second-order valence-corrected chi connectivity index (χ2v) is 3.92. The second kappa shape index (κ2) is 3.86. The molecule has 80 valence electrons. The van der Waals surface area contributed by atoms with E-state index in [2.05, 4.69) is 10.5 Å². The van der Waals surface area contributed by atoms with Crippen LogP contribution in [-0.2, 0) is 4.79 Å². The molecule has 0 radical (unpaired) electrons. The quantitative estimate of drug-likeness (QED) is 0.265. The topological polar surface area (TPSA) is 87.7 Å². The largest absolute Gasteiger partial charge is 0.409 e. The van der Waals surface area contributed by atoms with Crippen molar-refractivity contribution >= 4 is 11.7 Å². The zero-order valence-electron chi connectivity index (χ0n) is 8.58. The van der Waals surface area contributed by atoms with Gasteiger partial charge in [0.2, 0.25) is 5.91 Å². The average Bonchev–Trinajstić information content (AvgIpc) is 2.98. The van der Waals surface area contributed by atoms with Gasteiger partial charge in [0.25, 0.3) is 0 Å². The summed E-state index contributed by atoms with van der Waals surface area (Å²) >= 11 is 0. The Morgan fingerprint density at radius 1 is 1.71 bits per heavy atom. The Kier molecular flexibility index (Phi) is 2.98. The van der Waals surface area contributed by atoms with Gasteiger partial charge in [0, 0.05) is 6.04 Å². The van der Waals surface area contributed by atoms with E-state index in [9.17, 15) is 4.79 Å². The van der Waals surface area contributed by atoms with E-state index in [-0.39, 0.29) is 11.7 Å². The number of nitrogens with one attached hydrogen (secondary N) is 1. The van der Waals surface area contributed by atoms with E-state index in [0.717, 1.165) is 12.8 Å². The zero-order valence-corrected chi connectivity index (χ0v) is 8.58. The van der Waals surface area contributed by atoms with Crippen LogP contribution in [0.25, 0.3) is 0 Å². The number of rotatable bonds is 4. The molecule has 0 spiro atoms. The summed E-state index contributed by atoms with van der Waals surface area (Å²) in [6, 6.07) is 0.292. The highest BCUT2D eigenvalue weighted by atomic mass is 16.4. The first-order chi connectivity index (χ1) is 6.54. The molecule has 0 saturated heterocycles. The van der Waals surface area contributed by atoms with E-state index in [1.54, 1.807) is 6.92 Å². The molecule has 1 saturated carbocycles. The van der Waals surface area contributed by atoms with E-state index in [1.807, 2.05) is 6.92 Å². The van der Waals surface area contributed by atoms with Crippen molar-refractivity contribution in [2.24, 2.45) is 16.3 Å². The molecular weight excluding hydrogens is 182 g/mol. The van der Waals surface area contributed by atoms with Crippen LogP contribution in [0.5, 0.6) is 0 Å². The van der Waals surface area contributed by atoms with Crippen LogP contribution in [0.15, 0.2) is 5.16 Å². The Bertz CT molecular complexity index is 261. The van der Waals surface area contributed by atoms with Gasteiger partial charge in [-0.3, -0.25) is 4.79 Å². The summed E-state index contributed by atoms with van der Waals surface area (Å²) < 4.78 is 0. The van der Waals surface area contributed by atoms with Crippen LogP contribution in [-0.4, -0.2) is 23.0 Å². The van der Waals surface area contributed by atoms with Crippen LogP contribution in [0.4, 0.5) is 0 Å². The van der Waals surface area contributed by atoms with Crippen LogP contribution >= 0.6 is 0 Å². The zero-order chi connectivity index (χ0) is 10.8. The third kappa shape index (κ3) is 1.97. The van der Waals surface area contributed by atoms with Crippen LogP contribution < -0.4 is 11.1 Å². The number of hydrogen-bond donors (Lipinski definition) is 3. The van der Waals surface area contributed by atoms with Gasteiger partial charge in [-0.15, -0.1) is 0 Å². The first-order valence-corrected chi connectivity index (χ1v) is 4.83. The second-order valence-electron chi connectivity index (χ2n) is 3.92. The molecule has 1 aliphatic carbocycles. The highest BCUT2D eigenvalue weighted by Gasteiger charge is 2.38. The van der Waals surface area contributed by atoms with E-state index in [1.165, 1.54) is 0 Å². The van der Waals surface area contributed by atoms with E-state index in [4.69, 9.17) is 10.9 Å². The first kappa shape index (κ1) is 10.8. The number of nitrogens with zero attached hydrogens (tertiary/aromatic N) is 1. The molecule has 5 nitrogen and oxygen atoms in total. The summed E-state index contributed by atoms with van der Waals surface area (Å²) in [5, 5.41) is 14.3. The molecule has 0 aromatic heterocycles. The Morgan fingerprint density at radius 2 is 2.29 bits per heavy atom. The van der Waals surface area contributed by atoms with Crippen LogP contribution in [0.3, 0.4) is 0 Å². The molecule has 1 aliphatic rings. The Morgan fingerprint density at radius 3 is 2.64 bits per heavy atom. The van der Waals surface area contributed by atoms with Gasteiger partial charge in [-0.05, 0) is 26.2 Å². The van der Waals surface area contributed by atoms with Gasteiger partial charge in [-0.25, -0.2) is 0 Å². The van der Waals surface area contributed by atoms with Gasteiger partial charge in [0.15, 0.2) is 5.84 Å². The smallest absolute Gasteiger partial charge is 0.233 e. The summed E-state index contributed by atoms with van der Waals surface area (Å²) in [6.45, 7) is 3.52. The molecule has 1 fully saturated rings. The van der Waals surface area contributed by atoms with Crippen molar-refractivity contribution in [3.63, 3.8) is 0 Å². The summed E-state index contributed by atoms with van der Waals surface area (Å²) in [7, 11) is 0. The van der Waals surface area contributed by atoms with Gasteiger partial charge in [-0.2, -0.15) is 0 Å². The van der Waals surface area contributed by atoms with Crippen molar-refractivity contribution < 1.29 is 10.0 Å². The van der Waals surface area contributed by atoms with Crippen molar-refractivity contribution in [3.05, 3.63) is 0 Å². The lowest BCUT2D eigenvalue weighted by Gasteiger charge is -2.25. The normalized spacial score (nSPS) is 21.4. The molecule has 0 aromatic rings. The third-order valence-corrected chi connectivity index (χ3v) is 2.79. The fraction of sp³-hybridized carbons (Fsp3) is 0.778. The number of amidine groups is 1. The summed E-state index contributed by atoms with van der Waals surface area (Å²) in [5.41, 5.74) is 4.61. The number of carbonyl (C=O) groups is 1. The maximum atomic E-state index is 11.8. The molecule has 1 rings (SSSR count). The lowest BCUT2D eigenvalue weighted by Crippen LogP contribution is -2.48. The Balaban J connectivity index is 2.70. The molecule has 5 heteroatoms. The summed E-state index contributed by atoms with van der Waals surface area (Å²) in [6.07, 6.45) is 2.57. The summed E-state index contributed by atoms with van der Waals surface area (Å²) in [4.78, 5) is 11.8. The molecule has 1 unspecified atom stereocenters. The molecule has 0 heterocycles. The van der Waals surface area contributed by atoms with E-state index >= 15 is 0 Å². The van der Waals surface area contributed by atoms with Crippen LogP contribution in [0.2, 0.25) is 0 Å². The minimum Gasteiger partial charge on any atom is -0.409 e. The molecule has 1 atom stereocenters. The number of carbonyl (C=O) groups excluding carboxylic acids is 1. The van der Waals surface area contributed by atoms with Crippen molar-refractivity contribution in [1.29, 1.82) is 0 Å². The van der Waals surface area contributed by atoms with Gasteiger partial charge in [0.05, 0.1) is 0 Å². The highest BCUT2D eigenvalue weighted by molar-refractivity contribution is 6.06. The van der Waals surface area contributed by atoms with Crippen molar-refractivity contribution in [1.82, 2.24) is 5.32 Å². The molecular formula is C9H17N3O2. The average molecular weight is 199 g/mol. The van der Waals surface area contributed by atoms with E-state index in [0.29, 0.717) is 12.5 Å². The van der Waals surface area contributed by atoms with Crippen molar-refractivity contribution in [3.8, 4) is 0 Å². The molecule has 0 aromatic carbocycles. The number of hydrogen-bond acceptors (Lipinski definition) is 3. The highest BCUT2D eigenvalue weighted by Crippen LogP contribution is 2.25. The number of amides is 1. The van der Waals surface area contributed by atoms with Gasteiger partial charge in [0.1, 0.15) is 5.41 Å². The predicted octanol–water partition coefficient (Wildman–Crippen LogP) is 0.428. The minimum absolute atomic E-state index is 0.0295. The van der Waals surface area contributed by atoms with Gasteiger partial charge >= 0.3 is 0 Å². The lowest BCUT2D eigenvalue weighted by molar-refractivity contribution is -0.127. The van der Waals surface area contributed by atoms with Crippen LogP contribution in [0.1, 0.15) is 33.1 Å². The monoisotopic (exact) mass is 199 g/mol.